The molecule has 1 amide bonds. The SMILES string of the molecule is CCCCCc1ccc(N2CC(C(=O)O)CC2=O)cc1. The summed E-state index contributed by atoms with van der Waals surface area (Å²) in [5, 5.41) is 8.98. The quantitative estimate of drug-likeness (QED) is 0.812. The molecule has 20 heavy (non-hydrogen) atoms. The molecule has 1 heterocycles. The first-order valence-electron chi connectivity index (χ1n) is 7.24. The third-order valence-corrected chi connectivity index (χ3v) is 3.79. The van der Waals surface area contributed by atoms with Crippen molar-refractivity contribution in [1.82, 2.24) is 0 Å². The van der Waals surface area contributed by atoms with Crippen molar-refractivity contribution in [3.8, 4) is 0 Å². The molecule has 1 saturated heterocycles. The van der Waals surface area contributed by atoms with Crippen LogP contribution in [0.4, 0.5) is 5.69 Å². The van der Waals surface area contributed by atoms with E-state index in [-0.39, 0.29) is 18.9 Å². The first-order chi connectivity index (χ1) is 9.61. The van der Waals surface area contributed by atoms with Crippen molar-refractivity contribution in [2.45, 2.75) is 39.0 Å². The number of aliphatic carboxylic acids is 1. The van der Waals surface area contributed by atoms with Gasteiger partial charge in [0, 0.05) is 18.7 Å². The Morgan fingerprint density at radius 2 is 2.00 bits per heavy atom. The van der Waals surface area contributed by atoms with Gasteiger partial charge in [-0.15, -0.1) is 0 Å². The van der Waals surface area contributed by atoms with Gasteiger partial charge >= 0.3 is 5.97 Å². The molecule has 0 spiro atoms. The zero-order valence-corrected chi connectivity index (χ0v) is 11.8. The number of hydrogen-bond acceptors (Lipinski definition) is 2. The van der Waals surface area contributed by atoms with E-state index in [0.29, 0.717) is 0 Å². The highest BCUT2D eigenvalue weighted by Crippen LogP contribution is 2.25. The number of amides is 1. The number of carboxylic acids is 1. The zero-order chi connectivity index (χ0) is 14.5. The summed E-state index contributed by atoms with van der Waals surface area (Å²) >= 11 is 0. The van der Waals surface area contributed by atoms with Gasteiger partial charge in [0.15, 0.2) is 0 Å². The lowest BCUT2D eigenvalue weighted by atomic mass is 10.1. The van der Waals surface area contributed by atoms with E-state index < -0.39 is 11.9 Å². The molecule has 0 saturated carbocycles. The van der Waals surface area contributed by atoms with Gasteiger partial charge in [0.25, 0.3) is 0 Å². The van der Waals surface area contributed by atoms with Crippen molar-refractivity contribution in [3.63, 3.8) is 0 Å². The molecule has 0 aliphatic carbocycles. The zero-order valence-electron chi connectivity index (χ0n) is 11.8. The lowest BCUT2D eigenvalue weighted by Gasteiger charge is -2.16. The van der Waals surface area contributed by atoms with Gasteiger partial charge in [-0.05, 0) is 30.5 Å². The highest BCUT2D eigenvalue weighted by atomic mass is 16.4. The maximum absolute atomic E-state index is 11.8. The molecule has 0 bridgehead atoms. The van der Waals surface area contributed by atoms with Crippen molar-refractivity contribution in [1.29, 1.82) is 0 Å². The van der Waals surface area contributed by atoms with Gasteiger partial charge in [-0.25, -0.2) is 0 Å². The number of unbranched alkanes of at least 4 members (excludes halogenated alkanes) is 2. The number of carbonyl (C=O) groups excluding carboxylic acids is 1. The Hall–Kier alpha value is -1.84. The van der Waals surface area contributed by atoms with Crippen LogP contribution < -0.4 is 4.90 Å². The van der Waals surface area contributed by atoms with Crippen LogP contribution in [0.5, 0.6) is 0 Å². The molecule has 1 fully saturated rings. The van der Waals surface area contributed by atoms with Gasteiger partial charge < -0.3 is 10.0 Å². The Labute approximate surface area is 119 Å². The topological polar surface area (TPSA) is 57.6 Å². The second kappa shape index (κ2) is 6.55. The number of hydrogen-bond donors (Lipinski definition) is 1. The van der Waals surface area contributed by atoms with E-state index in [2.05, 4.69) is 6.92 Å². The Balaban J connectivity index is 1.99. The molecule has 1 aromatic rings. The van der Waals surface area contributed by atoms with Crippen LogP contribution in [0.25, 0.3) is 0 Å². The fourth-order valence-corrected chi connectivity index (χ4v) is 2.54. The summed E-state index contributed by atoms with van der Waals surface area (Å²) in [6.45, 7) is 2.46. The number of anilines is 1. The molecule has 0 aromatic heterocycles. The minimum Gasteiger partial charge on any atom is -0.481 e. The molecule has 4 nitrogen and oxygen atoms in total. The van der Waals surface area contributed by atoms with Crippen LogP contribution in [0.1, 0.15) is 38.2 Å². The van der Waals surface area contributed by atoms with Crippen molar-refractivity contribution in [2.75, 3.05) is 11.4 Å². The molecule has 4 heteroatoms. The van der Waals surface area contributed by atoms with E-state index >= 15 is 0 Å². The molecule has 1 aliphatic rings. The molecule has 108 valence electrons. The van der Waals surface area contributed by atoms with E-state index in [1.807, 2.05) is 24.3 Å². The minimum absolute atomic E-state index is 0.101. The largest absolute Gasteiger partial charge is 0.481 e. The lowest BCUT2D eigenvalue weighted by molar-refractivity contribution is -0.141. The monoisotopic (exact) mass is 275 g/mol. The van der Waals surface area contributed by atoms with E-state index in [1.54, 1.807) is 4.90 Å². The fraction of sp³-hybridized carbons (Fsp3) is 0.500. The highest BCUT2D eigenvalue weighted by Gasteiger charge is 2.34. The molecule has 1 aromatic carbocycles. The molecule has 1 N–H and O–H groups in total. The molecule has 1 atom stereocenters. The summed E-state index contributed by atoms with van der Waals surface area (Å²) in [6, 6.07) is 7.91. The van der Waals surface area contributed by atoms with Crippen molar-refractivity contribution < 1.29 is 14.7 Å². The summed E-state index contributed by atoms with van der Waals surface area (Å²) in [7, 11) is 0. The van der Waals surface area contributed by atoms with Gasteiger partial charge in [0.05, 0.1) is 5.92 Å². The maximum atomic E-state index is 11.8. The van der Waals surface area contributed by atoms with Gasteiger partial charge in [0.1, 0.15) is 0 Å². The third kappa shape index (κ3) is 3.38. The highest BCUT2D eigenvalue weighted by molar-refractivity contribution is 5.99. The van der Waals surface area contributed by atoms with Crippen LogP contribution in [0.3, 0.4) is 0 Å². The smallest absolute Gasteiger partial charge is 0.308 e. The standard InChI is InChI=1S/C16H21NO3/c1-2-3-4-5-12-6-8-14(9-7-12)17-11-13(16(19)20)10-15(17)18/h6-9,13H,2-5,10-11H2,1H3,(H,19,20). The van der Waals surface area contributed by atoms with Crippen LogP contribution in [-0.2, 0) is 16.0 Å². The Bertz CT molecular complexity index is 481. The van der Waals surface area contributed by atoms with Gasteiger partial charge in [0.2, 0.25) is 5.91 Å². The van der Waals surface area contributed by atoms with Crippen molar-refractivity contribution >= 4 is 17.6 Å². The van der Waals surface area contributed by atoms with Gasteiger partial charge in [-0.1, -0.05) is 31.9 Å². The number of benzene rings is 1. The molecule has 1 unspecified atom stereocenters. The van der Waals surface area contributed by atoms with Crippen LogP contribution in [0.2, 0.25) is 0 Å². The van der Waals surface area contributed by atoms with Gasteiger partial charge in [-0.2, -0.15) is 0 Å². The van der Waals surface area contributed by atoms with Crippen LogP contribution >= 0.6 is 0 Å². The predicted molar refractivity (Wildman–Crippen MR) is 77.8 cm³/mol. The summed E-state index contributed by atoms with van der Waals surface area (Å²) in [5.74, 6) is -1.57. The Morgan fingerprint density at radius 3 is 2.55 bits per heavy atom. The summed E-state index contributed by atoms with van der Waals surface area (Å²) in [6.07, 6.45) is 4.77. The van der Waals surface area contributed by atoms with Crippen LogP contribution in [-0.4, -0.2) is 23.5 Å². The van der Waals surface area contributed by atoms with E-state index in [1.165, 1.54) is 24.8 Å². The van der Waals surface area contributed by atoms with E-state index in [4.69, 9.17) is 5.11 Å². The Morgan fingerprint density at radius 1 is 1.30 bits per heavy atom. The summed E-state index contributed by atoms with van der Waals surface area (Å²) in [5.41, 5.74) is 2.07. The number of aryl methyl sites for hydroxylation is 1. The van der Waals surface area contributed by atoms with Crippen LogP contribution in [0.15, 0.2) is 24.3 Å². The third-order valence-electron chi connectivity index (χ3n) is 3.79. The van der Waals surface area contributed by atoms with E-state index in [0.717, 1.165) is 12.1 Å². The summed E-state index contributed by atoms with van der Waals surface area (Å²) in [4.78, 5) is 24.4. The number of rotatable bonds is 6. The number of nitrogens with zero attached hydrogens (tertiary/aromatic N) is 1. The molecular formula is C16H21NO3. The van der Waals surface area contributed by atoms with E-state index in [9.17, 15) is 9.59 Å². The maximum Gasteiger partial charge on any atom is 0.308 e. The van der Waals surface area contributed by atoms with Crippen molar-refractivity contribution in [2.24, 2.45) is 5.92 Å². The molecular weight excluding hydrogens is 254 g/mol. The van der Waals surface area contributed by atoms with Crippen LogP contribution in [0, 0.1) is 5.92 Å². The first kappa shape index (κ1) is 14.6. The first-order valence-corrected chi connectivity index (χ1v) is 7.24. The lowest BCUT2D eigenvalue weighted by Crippen LogP contribution is -2.25. The number of carboxylic acid groups (broad SMARTS) is 1. The normalized spacial score (nSPS) is 18.6. The molecule has 2 rings (SSSR count). The van der Waals surface area contributed by atoms with Crippen molar-refractivity contribution in [3.05, 3.63) is 29.8 Å². The molecule has 0 radical (unpaired) electrons. The summed E-state index contributed by atoms with van der Waals surface area (Å²) < 4.78 is 0. The second-order valence-electron chi connectivity index (χ2n) is 5.37. The second-order valence-corrected chi connectivity index (χ2v) is 5.37. The predicted octanol–water partition coefficient (Wildman–Crippen LogP) is 2.86. The number of carbonyl (C=O) groups is 2. The average Bonchev–Trinajstić information content (AvgIpc) is 2.82. The minimum atomic E-state index is -0.892. The molecule has 1 aliphatic heterocycles. The average molecular weight is 275 g/mol. The van der Waals surface area contributed by atoms with Gasteiger partial charge in [-0.3, -0.25) is 9.59 Å². The fourth-order valence-electron chi connectivity index (χ4n) is 2.54. The Kier molecular flexibility index (Phi) is 4.77.